The summed E-state index contributed by atoms with van der Waals surface area (Å²) in [6.45, 7) is 7.70. The quantitative estimate of drug-likeness (QED) is 0.754. The Bertz CT molecular complexity index is 1020. The number of nitrogen functional groups attached to an aromatic ring is 1. The lowest BCUT2D eigenvalue weighted by Gasteiger charge is -2.30. The van der Waals surface area contributed by atoms with E-state index in [-0.39, 0.29) is 11.4 Å². The lowest BCUT2D eigenvalue weighted by molar-refractivity contribution is -0.0530. The van der Waals surface area contributed by atoms with Crippen LogP contribution in [0.25, 0.3) is 22.6 Å². The van der Waals surface area contributed by atoms with E-state index in [4.69, 9.17) is 25.4 Å². The van der Waals surface area contributed by atoms with Crippen molar-refractivity contribution in [2.75, 3.05) is 12.3 Å². The monoisotopic (exact) mass is 351 g/mol. The summed E-state index contributed by atoms with van der Waals surface area (Å²) in [6, 6.07) is 0. The van der Waals surface area contributed by atoms with Crippen LogP contribution in [0.5, 0.6) is 0 Å². The number of hydrogen-bond donors (Lipinski definition) is 1. The SMILES string of the molecule is CC1(c2nc(-c3cnc(N)nc3)nc3c2nc2n3CCOC2(C)C)CC1. The van der Waals surface area contributed by atoms with Crippen molar-refractivity contribution < 1.29 is 4.74 Å². The Balaban J connectivity index is 1.80. The Morgan fingerprint density at radius 2 is 1.81 bits per heavy atom. The van der Waals surface area contributed by atoms with Crippen LogP contribution in [0.15, 0.2) is 12.4 Å². The highest BCUT2D eigenvalue weighted by Gasteiger charge is 2.44. The summed E-state index contributed by atoms with van der Waals surface area (Å²) in [4.78, 5) is 22.8. The maximum atomic E-state index is 5.93. The van der Waals surface area contributed by atoms with Crippen molar-refractivity contribution in [2.45, 2.75) is 51.2 Å². The molecule has 0 saturated heterocycles. The topological polar surface area (TPSA) is 105 Å². The lowest BCUT2D eigenvalue weighted by atomic mass is 10.0. The normalized spacial score (nSPS) is 20.1. The highest BCUT2D eigenvalue weighted by Crippen LogP contribution is 2.49. The molecule has 4 heterocycles. The van der Waals surface area contributed by atoms with Crippen LogP contribution >= 0.6 is 0 Å². The fourth-order valence-corrected chi connectivity index (χ4v) is 3.56. The van der Waals surface area contributed by atoms with Gasteiger partial charge in [0, 0.05) is 24.4 Å². The molecule has 1 aliphatic heterocycles. The molecule has 1 fully saturated rings. The molecule has 0 bridgehead atoms. The zero-order valence-electron chi connectivity index (χ0n) is 15.2. The Labute approximate surface area is 150 Å². The minimum Gasteiger partial charge on any atom is -0.368 e. The smallest absolute Gasteiger partial charge is 0.219 e. The first-order chi connectivity index (χ1) is 12.4. The van der Waals surface area contributed by atoms with E-state index in [1.807, 2.05) is 13.8 Å². The second-order valence-corrected chi connectivity index (χ2v) is 7.90. The second kappa shape index (κ2) is 4.97. The molecule has 2 N–H and O–H groups in total. The van der Waals surface area contributed by atoms with Gasteiger partial charge in [-0.05, 0) is 26.7 Å². The number of fused-ring (bicyclic) bond motifs is 3. The molecule has 0 amide bonds. The number of imidazole rings is 1. The number of hydrogen-bond acceptors (Lipinski definition) is 7. The summed E-state index contributed by atoms with van der Waals surface area (Å²) in [5, 5.41) is 0. The van der Waals surface area contributed by atoms with E-state index >= 15 is 0 Å². The molecule has 2 aliphatic rings. The first-order valence-corrected chi connectivity index (χ1v) is 8.88. The molecule has 0 atom stereocenters. The van der Waals surface area contributed by atoms with Gasteiger partial charge in [0.05, 0.1) is 17.9 Å². The molecule has 3 aromatic rings. The van der Waals surface area contributed by atoms with Gasteiger partial charge in [0.1, 0.15) is 16.9 Å². The molecule has 0 aromatic carbocycles. The van der Waals surface area contributed by atoms with Crippen molar-refractivity contribution in [1.29, 1.82) is 0 Å². The van der Waals surface area contributed by atoms with E-state index in [0.29, 0.717) is 12.4 Å². The maximum absolute atomic E-state index is 5.93. The molecule has 134 valence electrons. The fraction of sp³-hybridized carbons (Fsp3) is 0.500. The van der Waals surface area contributed by atoms with Crippen LogP contribution in [0.3, 0.4) is 0 Å². The van der Waals surface area contributed by atoms with E-state index in [0.717, 1.165) is 47.6 Å². The van der Waals surface area contributed by atoms with Crippen LogP contribution in [0.4, 0.5) is 5.95 Å². The van der Waals surface area contributed by atoms with Gasteiger partial charge in [-0.2, -0.15) is 0 Å². The van der Waals surface area contributed by atoms with E-state index in [1.165, 1.54) is 0 Å². The molecular weight excluding hydrogens is 330 g/mol. The minimum atomic E-state index is -0.439. The van der Waals surface area contributed by atoms with Crippen LogP contribution in [-0.2, 0) is 22.3 Å². The lowest BCUT2D eigenvalue weighted by Crippen LogP contribution is -2.33. The van der Waals surface area contributed by atoms with Gasteiger partial charge in [-0.1, -0.05) is 6.92 Å². The number of anilines is 1. The van der Waals surface area contributed by atoms with Gasteiger partial charge in [-0.15, -0.1) is 0 Å². The van der Waals surface area contributed by atoms with Crippen LogP contribution in [0, 0.1) is 0 Å². The molecule has 3 aromatic heterocycles. The molecular formula is C18H21N7O. The Kier molecular flexibility index (Phi) is 2.99. The molecule has 1 aliphatic carbocycles. The molecule has 0 unspecified atom stereocenters. The highest BCUT2D eigenvalue weighted by molar-refractivity contribution is 5.79. The van der Waals surface area contributed by atoms with Crippen LogP contribution < -0.4 is 5.73 Å². The minimum absolute atomic E-state index is 0.0557. The summed E-state index contributed by atoms with van der Waals surface area (Å²) >= 11 is 0. The fourth-order valence-electron chi connectivity index (χ4n) is 3.56. The maximum Gasteiger partial charge on any atom is 0.219 e. The van der Waals surface area contributed by atoms with Gasteiger partial charge in [-0.25, -0.2) is 24.9 Å². The van der Waals surface area contributed by atoms with E-state index in [1.54, 1.807) is 12.4 Å². The van der Waals surface area contributed by atoms with Gasteiger partial charge in [0.2, 0.25) is 5.95 Å². The van der Waals surface area contributed by atoms with E-state index < -0.39 is 5.60 Å². The average molecular weight is 351 g/mol. The molecule has 8 nitrogen and oxygen atoms in total. The van der Waals surface area contributed by atoms with Gasteiger partial charge in [-0.3, -0.25) is 0 Å². The van der Waals surface area contributed by atoms with Crippen LogP contribution in [0.1, 0.15) is 45.1 Å². The van der Waals surface area contributed by atoms with Crippen molar-refractivity contribution in [1.82, 2.24) is 29.5 Å². The zero-order valence-corrected chi connectivity index (χ0v) is 15.2. The summed E-state index contributed by atoms with van der Waals surface area (Å²) in [7, 11) is 0. The summed E-state index contributed by atoms with van der Waals surface area (Å²) < 4.78 is 8.09. The van der Waals surface area contributed by atoms with Gasteiger partial charge in [0.15, 0.2) is 11.5 Å². The zero-order chi connectivity index (χ0) is 18.1. The van der Waals surface area contributed by atoms with Crippen molar-refractivity contribution in [3.8, 4) is 11.4 Å². The van der Waals surface area contributed by atoms with E-state index in [2.05, 4.69) is 21.5 Å². The molecule has 0 spiro atoms. The third kappa shape index (κ3) is 2.21. The Morgan fingerprint density at radius 3 is 2.50 bits per heavy atom. The summed E-state index contributed by atoms with van der Waals surface area (Å²) in [5.74, 6) is 1.77. The first kappa shape index (κ1) is 15.6. The first-order valence-electron chi connectivity index (χ1n) is 8.88. The number of nitrogens with two attached hydrogens (primary N) is 1. The number of nitrogens with zero attached hydrogens (tertiary/aromatic N) is 6. The van der Waals surface area contributed by atoms with Crippen molar-refractivity contribution in [2.24, 2.45) is 0 Å². The number of ether oxygens (including phenoxy) is 1. The van der Waals surface area contributed by atoms with Crippen molar-refractivity contribution >= 4 is 17.1 Å². The van der Waals surface area contributed by atoms with Crippen LogP contribution in [0.2, 0.25) is 0 Å². The number of rotatable bonds is 2. The van der Waals surface area contributed by atoms with Crippen molar-refractivity contribution in [3.05, 3.63) is 23.9 Å². The predicted octanol–water partition coefficient (Wildman–Crippen LogP) is 2.18. The summed E-state index contributed by atoms with van der Waals surface area (Å²) in [6.07, 6.45) is 5.56. The van der Waals surface area contributed by atoms with Crippen molar-refractivity contribution in [3.63, 3.8) is 0 Å². The van der Waals surface area contributed by atoms with Crippen LogP contribution in [-0.4, -0.2) is 36.1 Å². The molecule has 26 heavy (non-hydrogen) atoms. The third-order valence-electron chi connectivity index (χ3n) is 5.41. The van der Waals surface area contributed by atoms with Gasteiger partial charge < -0.3 is 15.0 Å². The van der Waals surface area contributed by atoms with E-state index in [9.17, 15) is 0 Å². The average Bonchev–Trinajstić information content (AvgIpc) is 3.24. The highest BCUT2D eigenvalue weighted by atomic mass is 16.5. The number of aromatic nitrogens is 6. The molecule has 8 heteroatoms. The standard InChI is InChI=1S/C18H21N7O/c1-17(2)15-22-11-12(18(3)4-5-18)23-13(10-8-20-16(19)21-9-10)24-14(11)25(15)6-7-26-17/h8-9H,4-7H2,1-3H3,(H2,19,20,21). The Morgan fingerprint density at radius 1 is 1.08 bits per heavy atom. The molecule has 5 rings (SSSR count). The Hall–Kier alpha value is -2.61. The molecule has 1 saturated carbocycles. The third-order valence-corrected chi connectivity index (χ3v) is 5.41. The summed E-state index contributed by atoms with van der Waals surface area (Å²) in [5.41, 5.74) is 8.75. The molecule has 0 radical (unpaired) electrons. The second-order valence-electron chi connectivity index (χ2n) is 7.90. The largest absolute Gasteiger partial charge is 0.368 e. The van der Waals surface area contributed by atoms with Gasteiger partial charge in [0.25, 0.3) is 0 Å². The van der Waals surface area contributed by atoms with Gasteiger partial charge >= 0.3 is 0 Å². The predicted molar refractivity (Wildman–Crippen MR) is 96.3 cm³/mol.